The molecule has 0 amide bonds. The van der Waals surface area contributed by atoms with Crippen LogP contribution in [0, 0.1) is 17.8 Å². The predicted molar refractivity (Wildman–Crippen MR) is 205 cm³/mol. The SMILES string of the molecule is CCCN1C[C@H](C)[C@@H](O)[C@](C)(O)[C@@H](CC)OC(=O)[C@H](C)[C@@H](O[C@H]2C[C@@](C)(OC)C(N)[C@H](C)O2)[C@H](C)[C@@H](O[C@@H]2O[C@H](C)C[C@H](N(C)C)[C@H]2O)[C@](C)(O)C[C@H]1C. The number of likely N-dealkylation sites (N-methyl/N-ethyl adjacent to an activating group) is 1. The molecule has 14 heteroatoms. The summed E-state index contributed by atoms with van der Waals surface area (Å²) < 4.78 is 38.1. The first-order valence-corrected chi connectivity index (χ1v) is 20.3. The molecule has 3 heterocycles. The first-order chi connectivity index (χ1) is 24.9. The van der Waals surface area contributed by atoms with E-state index in [4.69, 9.17) is 34.2 Å². The minimum absolute atomic E-state index is 0.211. The molecule has 0 aromatic carbocycles. The van der Waals surface area contributed by atoms with Gasteiger partial charge in [-0.15, -0.1) is 0 Å². The second kappa shape index (κ2) is 19.2. The molecule has 18 atom stereocenters. The van der Waals surface area contributed by atoms with E-state index in [-0.39, 0.29) is 37.5 Å². The number of esters is 1. The largest absolute Gasteiger partial charge is 0.459 e. The van der Waals surface area contributed by atoms with Crippen LogP contribution in [0.2, 0.25) is 0 Å². The molecule has 0 aromatic rings. The molecule has 3 fully saturated rings. The molecule has 1 unspecified atom stereocenters. The zero-order valence-corrected chi connectivity index (χ0v) is 35.7. The lowest BCUT2D eigenvalue weighted by atomic mass is 9.78. The average molecular weight is 776 g/mol. The highest BCUT2D eigenvalue weighted by Crippen LogP contribution is 2.40. The fourth-order valence-electron chi connectivity index (χ4n) is 9.17. The van der Waals surface area contributed by atoms with Gasteiger partial charge in [-0.25, -0.2) is 0 Å². The van der Waals surface area contributed by atoms with Gasteiger partial charge in [-0.2, -0.15) is 0 Å². The molecule has 6 N–H and O–H groups in total. The Labute approximate surface area is 325 Å². The number of cyclic esters (lactones) is 1. The standard InChI is InChI=1S/C40H77N3O11/c1-15-17-43-21-22(3)34(45)40(11,48)29(16-2)52-36(46)26(7)32(53-30-20-39(10,49-14)33(41)27(8)51-30)25(6)35(38(9,47)19-23(43)4)54-37-31(44)28(42(12)13)18-24(5)50-37/h22-35,37,44-45,47-48H,15-21,41H2,1-14H3/t22-,23+,24+,25-,26+,27-,28-,29+,30-,31+,32-,33?,34+,35+,37-,38+,39+,40+/m0/s1. The summed E-state index contributed by atoms with van der Waals surface area (Å²) >= 11 is 0. The lowest BCUT2D eigenvalue weighted by Gasteiger charge is -2.49. The van der Waals surface area contributed by atoms with Crippen molar-refractivity contribution >= 4 is 5.97 Å². The lowest BCUT2D eigenvalue weighted by molar-refractivity contribution is -0.311. The number of aliphatic hydroxyl groups excluding tert-OH is 2. The van der Waals surface area contributed by atoms with E-state index in [0.717, 1.165) is 6.42 Å². The van der Waals surface area contributed by atoms with Gasteiger partial charge in [-0.1, -0.05) is 27.7 Å². The van der Waals surface area contributed by atoms with Crippen molar-refractivity contribution in [2.45, 2.75) is 199 Å². The van der Waals surface area contributed by atoms with Crippen molar-refractivity contribution in [3.63, 3.8) is 0 Å². The quantitative estimate of drug-likeness (QED) is 0.215. The highest BCUT2D eigenvalue weighted by molar-refractivity contribution is 5.73. The van der Waals surface area contributed by atoms with Crippen molar-refractivity contribution in [3.8, 4) is 0 Å². The van der Waals surface area contributed by atoms with Crippen LogP contribution < -0.4 is 5.73 Å². The third-order valence-electron chi connectivity index (χ3n) is 12.7. The number of nitrogens with two attached hydrogens (primary N) is 1. The Morgan fingerprint density at radius 1 is 0.981 bits per heavy atom. The Morgan fingerprint density at radius 3 is 2.17 bits per heavy atom. The summed E-state index contributed by atoms with van der Waals surface area (Å²) in [5.74, 6) is -2.77. The summed E-state index contributed by atoms with van der Waals surface area (Å²) in [5, 5.41) is 47.8. The maximum Gasteiger partial charge on any atom is 0.311 e. The third kappa shape index (κ3) is 10.7. The van der Waals surface area contributed by atoms with E-state index in [9.17, 15) is 25.2 Å². The van der Waals surface area contributed by atoms with Gasteiger partial charge in [0.2, 0.25) is 0 Å². The van der Waals surface area contributed by atoms with Crippen LogP contribution in [0.3, 0.4) is 0 Å². The zero-order chi connectivity index (χ0) is 41.1. The Balaban J connectivity index is 2.22. The molecule has 14 nitrogen and oxygen atoms in total. The van der Waals surface area contributed by atoms with E-state index in [0.29, 0.717) is 19.5 Å². The van der Waals surface area contributed by atoms with Crippen molar-refractivity contribution in [2.75, 3.05) is 34.3 Å². The summed E-state index contributed by atoms with van der Waals surface area (Å²) in [6, 6.07) is -0.921. The molecule has 54 heavy (non-hydrogen) atoms. The number of hydrogen-bond donors (Lipinski definition) is 5. The van der Waals surface area contributed by atoms with Crippen LogP contribution in [0.4, 0.5) is 0 Å². The van der Waals surface area contributed by atoms with Gasteiger partial charge in [0.1, 0.15) is 17.8 Å². The minimum atomic E-state index is -1.77. The van der Waals surface area contributed by atoms with E-state index in [1.54, 1.807) is 27.9 Å². The number of rotatable bonds is 9. The van der Waals surface area contributed by atoms with E-state index in [1.165, 1.54) is 6.92 Å². The van der Waals surface area contributed by atoms with Crippen LogP contribution in [-0.4, -0.2) is 161 Å². The maximum atomic E-state index is 14.3. The first kappa shape index (κ1) is 47.4. The topological polar surface area (TPSA) is 186 Å². The van der Waals surface area contributed by atoms with Gasteiger partial charge in [0.25, 0.3) is 0 Å². The molecular formula is C40H77N3O11. The van der Waals surface area contributed by atoms with Gasteiger partial charge in [0.15, 0.2) is 12.6 Å². The zero-order valence-electron chi connectivity index (χ0n) is 35.7. The molecule has 3 saturated heterocycles. The molecule has 3 aliphatic rings. The van der Waals surface area contributed by atoms with Crippen molar-refractivity contribution in [2.24, 2.45) is 23.5 Å². The fraction of sp³-hybridized carbons (Fsp3) is 0.975. The maximum absolute atomic E-state index is 14.3. The monoisotopic (exact) mass is 776 g/mol. The van der Waals surface area contributed by atoms with E-state index >= 15 is 0 Å². The van der Waals surface area contributed by atoms with Crippen molar-refractivity contribution in [3.05, 3.63) is 0 Å². The van der Waals surface area contributed by atoms with Crippen molar-refractivity contribution < 1.29 is 53.6 Å². The summed E-state index contributed by atoms with van der Waals surface area (Å²) in [7, 11) is 5.39. The van der Waals surface area contributed by atoms with Crippen LogP contribution in [0.1, 0.15) is 108 Å². The number of carbonyl (C=O) groups excluding carboxylic acids is 1. The van der Waals surface area contributed by atoms with E-state index in [1.807, 2.05) is 60.5 Å². The van der Waals surface area contributed by atoms with Gasteiger partial charge in [-0.3, -0.25) is 4.79 Å². The Bertz CT molecular complexity index is 1180. The Hall–Kier alpha value is -1.01. The van der Waals surface area contributed by atoms with Crippen molar-refractivity contribution in [1.82, 2.24) is 9.80 Å². The highest BCUT2D eigenvalue weighted by Gasteiger charge is 2.52. The molecule has 318 valence electrons. The summed E-state index contributed by atoms with van der Waals surface area (Å²) in [6.07, 6.45) is -5.81. The lowest BCUT2D eigenvalue weighted by Crippen LogP contribution is -2.62. The molecule has 3 aliphatic heterocycles. The Kier molecular flexibility index (Phi) is 16.8. The smallest absolute Gasteiger partial charge is 0.311 e. The second-order valence-electron chi connectivity index (χ2n) is 17.8. The third-order valence-corrected chi connectivity index (χ3v) is 12.7. The van der Waals surface area contributed by atoms with E-state index < -0.39 is 95.8 Å². The molecule has 0 aromatic heterocycles. The number of ether oxygens (including phenoxy) is 6. The van der Waals surface area contributed by atoms with Crippen LogP contribution in [-0.2, 0) is 33.2 Å². The molecule has 3 rings (SSSR count). The first-order valence-electron chi connectivity index (χ1n) is 20.3. The number of aliphatic hydroxyl groups is 4. The van der Waals surface area contributed by atoms with Gasteiger partial charge < -0.3 is 64.4 Å². The van der Waals surface area contributed by atoms with Crippen LogP contribution in [0.25, 0.3) is 0 Å². The molecule has 0 radical (unpaired) electrons. The molecular weight excluding hydrogens is 698 g/mol. The fourth-order valence-corrected chi connectivity index (χ4v) is 9.17. The van der Waals surface area contributed by atoms with Gasteiger partial charge in [0, 0.05) is 38.1 Å². The molecule has 0 saturated carbocycles. The normalized spacial score (nSPS) is 48.2. The summed E-state index contributed by atoms with van der Waals surface area (Å²) in [4.78, 5) is 18.4. The minimum Gasteiger partial charge on any atom is -0.459 e. The molecule has 0 aliphatic carbocycles. The summed E-state index contributed by atoms with van der Waals surface area (Å²) in [5.41, 5.74) is 2.39. The predicted octanol–water partition coefficient (Wildman–Crippen LogP) is 2.65. The number of hydrogen-bond acceptors (Lipinski definition) is 14. The average Bonchev–Trinajstić information content (AvgIpc) is 3.09. The van der Waals surface area contributed by atoms with Gasteiger partial charge in [0.05, 0.1) is 53.7 Å². The van der Waals surface area contributed by atoms with E-state index in [2.05, 4.69) is 11.8 Å². The summed E-state index contributed by atoms with van der Waals surface area (Å²) in [6.45, 7) is 21.3. The van der Waals surface area contributed by atoms with Crippen LogP contribution in [0.5, 0.6) is 0 Å². The number of carbonyl (C=O) groups is 1. The number of methoxy groups -OCH3 is 1. The number of nitrogens with zero attached hydrogens (tertiary/aromatic N) is 2. The van der Waals surface area contributed by atoms with Crippen LogP contribution >= 0.6 is 0 Å². The van der Waals surface area contributed by atoms with Crippen molar-refractivity contribution in [1.29, 1.82) is 0 Å². The molecule has 0 bridgehead atoms. The highest BCUT2D eigenvalue weighted by atomic mass is 16.7. The Morgan fingerprint density at radius 2 is 1.61 bits per heavy atom. The molecule has 0 spiro atoms. The van der Waals surface area contributed by atoms with Crippen LogP contribution in [0.15, 0.2) is 0 Å². The van der Waals surface area contributed by atoms with Gasteiger partial charge in [-0.05, 0) is 101 Å². The second-order valence-corrected chi connectivity index (χ2v) is 17.8. The van der Waals surface area contributed by atoms with Gasteiger partial charge >= 0.3 is 5.97 Å².